The van der Waals surface area contributed by atoms with E-state index in [0.717, 1.165) is 12.5 Å². The van der Waals surface area contributed by atoms with Gasteiger partial charge in [-0.1, -0.05) is 0 Å². The molecule has 1 aromatic rings. The number of carbonyl (C=O) groups excluding carboxylic acids is 1. The molecule has 1 heterocycles. The van der Waals surface area contributed by atoms with Crippen molar-refractivity contribution in [2.75, 3.05) is 12.8 Å². The fourth-order valence-corrected chi connectivity index (χ4v) is 2.66. The van der Waals surface area contributed by atoms with Crippen LogP contribution >= 0.6 is 0 Å². The molecule has 9 heteroatoms. The smallest absolute Gasteiger partial charge is 0.337 e. The Kier molecular flexibility index (Phi) is 5.02. The Morgan fingerprint density at radius 3 is 2.38 bits per heavy atom. The maximum atomic E-state index is 11.8. The van der Waals surface area contributed by atoms with Crippen LogP contribution in [0.15, 0.2) is 18.3 Å². The first kappa shape index (κ1) is 17.1. The van der Waals surface area contributed by atoms with Crippen LogP contribution in [-0.2, 0) is 10.0 Å². The molecule has 1 aromatic heterocycles. The topological polar surface area (TPSA) is 125 Å². The third-order valence-corrected chi connectivity index (χ3v) is 3.32. The number of carboxylic acids is 1. The number of hydrogen-bond donors (Lipinski definition) is 3. The number of nitrogens with one attached hydrogen (secondary N) is 2. The average Bonchev–Trinajstić information content (AvgIpc) is 2.33. The standard InChI is InChI=1S/C12H17N3O5S/c1-12(2,15-21(3,19)20)7-14-10(16)9-5-4-8(6-13-9)11(17)18/h4-6,15H,7H2,1-3H3,(H,14,16)(H,17,18). The second-order valence-electron chi connectivity index (χ2n) is 5.18. The van der Waals surface area contributed by atoms with Crippen molar-refractivity contribution >= 4 is 21.9 Å². The highest BCUT2D eigenvalue weighted by Crippen LogP contribution is 2.04. The molecule has 1 rings (SSSR count). The number of amides is 1. The van der Waals surface area contributed by atoms with Gasteiger partial charge in [0.05, 0.1) is 11.8 Å². The summed E-state index contributed by atoms with van der Waals surface area (Å²) in [7, 11) is -3.39. The van der Waals surface area contributed by atoms with Crippen LogP contribution < -0.4 is 10.0 Å². The lowest BCUT2D eigenvalue weighted by molar-refractivity contribution is 0.0695. The predicted molar refractivity (Wildman–Crippen MR) is 75.6 cm³/mol. The van der Waals surface area contributed by atoms with Gasteiger partial charge in [0.25, 0.3) is 5.91 Å². The molecule has 3 N–H and O–H groups in total. The Morgan fingerprint density at radius 1 is 1.33 bits per heavy atom. The quantitative estimate of drug-likeness (QED) is 0.669. The SMILES string of the molecule is CC(C)(CNC(=O)c1ccc(C(=O)O)cn1)NS(C)(=O)=O. The normalized spacial score (nSPS) is 12.0. The fourth-order valence-electron chi connectivity index (χ4n) is 1.58. The summed E-state index contributed by atoms with van der Waals surface area (Å²) in [5, 5.41) is 11.3. The molecule has 21 heavy (non-hydrogen) atoms. The molecule has 0 fully saturated rings. The third kappa shape index (κ3) is 5.88. The Balaban J connectivity index is 2.67. The molecule has 0 unspecified atom stereocenters. The van der Waals surface area contributed by atoms with E-state index in [9.17, 15) is 18.0 Å². The van der Waals surface area contributed by atoms with E-state index in [1.54, 1.807) is 13.8 Å². The number of aromatic nitrogens is 1. The average molecular weight is 315 g/mol. The van der Waals surface area contributed by atoms with Crippen molar-refractivity contribution < 1.29 is 23.1 Å². The van der Waals surface area contributed by atoms with E-state index in [0.29, 0.717) is 0 Å². The van der Waals surface area contributed by atoms with Gasteiger partial charge in [-0.15, -0.1) is 0 Å². The van der Waals surface area contributed by atoms with Gasteiger partial charge in [-0.2, -0.15) is 0 Å². The van der Waals surface area contributed by atoms with Crippen molar-refractivity contribution in [3.63, 3.8) is 0 Å². The van der Waals surface area contributed by atoms with Gasteiger partial charge >= 0.3 is 5.97 Å². The number of aromatic carboxylic acids is 1. The molecule has 0 spiro atoms. The van der Waals surface area contributed by atoms with E-state index in [4.69, 9.17) is 5.11 Å². The second-order valence-corrected chi connectivity index (χ2v) is 6.93. The molecular weight excluding hydrogens is 298 g/mol. The summed E-state index contributed by atoms with van der Waals surface area (Å²) < 4.78 is 24.7. The van der Waals surface area contributed by atoms with Crippen LogP contribution in [0.5, 0.6) is 0 Å². The number of pyridine rings is 1. The molecule has 0 radical (unpaired) electrons. The highest BCUT2D eigenvalue weighted by Gasteiger charge is 2.23. The van der Waals surface area contributed by atoms with Crippen LogP contribution in [0.25, 0.3) is 0 Å². The van der Waals surface area contributed by atoms with E-state index in [-0.39, 0.29) is 17.8 Å². The van der Waals surface area contributed by atoms with Crippen LogP contribution in [0.2, 0.25) is 0 Å². The van der Waals surface area contributed by atoms with E-state index in [1.165, 1.54) is 12.1 Å². The van der Waals surface area contributed by atoms with Gasteiger partial charge in [0.1, 0.15) is 5.69 Å². The molecule has 8 nitrogen and oxygen atoms in total. The minimum absolute atomic E-state index is 0.0226. The van der Waals surface area contributed by atoms with Gasteiger partial charge in [0, 0.05) is 18.3 Å². The third-order valence-electron chi connectivity index (χ3n) is 2.40. The van der Waals surface area contributed by atoms with Crippen LogP contribution in [0.3, 0.4) is 0 Å². The zero-order valence-corrected chi connectivity index (χ0v) is 12.7. The summed E-state index contributed by atoms with van der Waals surface area (Å²) in [5.41, 5.74) is -0.828. The molecule has 0 saturated carbocycles. The molecule has 0 aliphatic carbocycles. The highest BCUT2D eigenvalue weighted by atomic mass is 32.2. The van der Waals surface area contributed by atoms with E-state index in [2.05, 4.69) is 15.0 Å². The first-order valence-electron chi connectivity index (χ1n) is 5.97. The van der Waals surface area contributed by atoms with Crippen molar-refractivity contribution in [1.82, 2.24) is 15.0 Å². The number of rotatable bonds is 6. The zero-order valence-electron chi connectivity index (χ0n) is 11.9. The van der Waals surface area contributed by atoms with Crippen molar-refractivity contribution in [3.8, 4) is 0 Å². The van der Waals surface area contributed by atoms with Crippen LogP contribution in [0, 0.1) is 0 Å². The largest absolute Gasteiger partial charge is 0.478 e. The van der Waals surface area contributed by atoms with Crippen molar-refractivity contribution in [2.24, 2.45) is 0 Å². The molecule has 0 saturated heterocycles. The Labute approximate surface area is 122 Å². The summed E-state index contributed by atoms with van der Waals surface area (Å²) in [6, 6.07) is 2.56. The lowest BCUT2D eigenvalue weighted by Gasteiger charge is -2.25. The number of sulfonamides is 1. The molecule has 0 aliphatic heterocycles. The van der Waals surface area contributed by atoms with Crippen molar-refractivity contribution in [1.29, 1.82) is 0 Å². The van der Waals surface area contributed by atoms with Crippen molar-refractivity contribution in [3.05, 3.63) is 29.6 Å². The Bertz CT molecular complexity index is 637. The van der Waals surface area contributed by atoms with Gasteiger partial charge in [0.15, 0.2) is 0 Å². The van der Waals surface area contributed by atoms with E-state index >= 15 is 0 Å². The molecule has 0 aromatic carbocycles. The molecule has 116 valence electrons. The number of hydrogen-bond acceptors (Lipinski definition) is 5. The molecule has 0 aliphatic rings. The van der Waals surface area contributed by atoms with Crippen LogP contribution in [0.1, 0.15) is 34.7 Å². The summed E-state index contributed by atoms with van der Waals surface area (Å²) in [4.78, 5) is 26.2. The number of carbonyl (C=O) groups is 2. The fraction of sp³-hybridized carbons (Fsp3) is 0.417. The summed E-state index contributed by atoms with van der Waals surface area (Å²) >= 11 is 0. The van der Waals surface area contributed by atoms with Crippen LogP contribution in [0.4, 0.5) is 0 Å². The Hall–Kier alpha value is -2.00. The van der Waals surface area contributed by atoms with Gasteiger partial charge in [-0.25, -0.2) is 17.9 Å². The molecular formula is C12H17N3O5S. The molecule has 0 atom stereocenters. The Morgan fingerprint density at radius 2 is 1.95 bits per heavy atom. The predicted octanol–water partition coefficient (Wildman–Crippen LogP) is -0.163. The summed E-state index contributed by atoms with van der Waals surface area (Å²) in [6.45, 7) is 3.30. The van der Waals surface area contributed by atoms with Gasteiger partial charge in [-0.05, 0) is 26.0 Å². The minimum Gasteiger partial charge on any atom is -0.478 e. The molecule has 1 amide bonds. The summed E-state index contributed by atoms with van der Waals surface area (Å²) in [6.07, 6.45) is 2.11. The lowest BCUT2D eigenvalue weighted by Crippen LogP contribution is -2.51. The monoisotopic (exact) mass is 315 g/mol. The molecule has 0 bridgehead atoms. The van der Waals surface area contributed by atoms with E-state index < -0.39 is 27.4 Å². The number of carboxylic acid groups (broad SMARTS) is 1. The maximum Gasteiger partial charge on any atom is 0.337 e. The summed E-state index contributed by atoms with van der Waals surface area (Å²) in [5.74, 6) is -1.65. The van der Waals surface area contributed by atoms with Gasteiger partial charge in [0.2, 0.25) is 10.0 Å². The first-order chi connectivity index (χ1) is 9.50. The van der Waals surface area contributed by atoms with Crippen LogP contribution in [-0.4, -0.2) is 48.7 Å². The van der Waals surface area contributed by atoms with E-state index in [1.807, 2.05) is 0 Å². The number of nitrogens with zero attached hydrogens (tertiary/aromatic N) is 1. The second kappa shape index (κ2) is 6.19. The van der Waals surface area contributed by atoms with Gasteiger partial charge in [-0.3, -0.25) is 9.78 Å². The maximum absolute atomic E-state index is 11.8. The lowest BCUT2D eigenvalue weighted by atomic mass is 10.1. The van der Waals surface area contributed by atoms with Crippen molar-refractivity contribution in [2.45, 2.75) is 19.4 Å². The highest BCUT2D eigenvalue weighted by molar-refractivity contribution is 7.88. The minimum atomic E-state index is -3.39. The zero-order chi connectivity index (χ0) is 16.3. The first-order valence-corrected chi connectivity index (χ1v) is 7.86. The van der Waals surface area contributed by atoms with Gasteiger partial charge < -0.3 is 10.4 Å².